The van der Waals surface area contributed by atoms with Crippen molar-refractivity contribution in [1.29, 1.82) is 0 Å². The van der Waals surface area contributed by atoms with Crippen LogP contribution in [0.1, 0.15) is 37.4 Å². The zero-order valence-electron chi connectivity index (χ0n) is 13.0. The molecule has 0 amide bonds. The third-order valence-electron chi connectivity index (χ3n) is 3.14. The molecule has 0 aliphatic rings. The molecule has 4 nitrogen and oxygen atoms in total. The second kappa shape index (κ2) is 6.98. The van der Waals surface area contributed by atoms with E-state index in [1.165, 1.54) is 0 Å². The fourth-order valence-corrected chi connectivity index (χ4v) is 2.78. The lowest BCUT2D eigenvalue weighted by Crippen LogP contribution is -2.07. The van der Waals surface area contributed by atoms with Gasteiger partial charge in [-0.05, 0) is 54.8 Å². The van der Waals surface area contributed by atoms with Crippen molar-refractivity contribution in [3.63, 3.8) is 0 Å². The van der Waals surface area contributed by atoms with Crippen molar-refractivity contribution in [2.24, 2.45) is 0 Å². The van der Waals surface area contributed by atoms with E-state index in [0.29, 0.717) is 0 Å². The molecule has 2 heterocycles. The van der Waals surface area contributed by atoms with Crippen LogP contribution in [0.15, 0.2) is 16.6 Å². The highest BCUT2D eigenvalue weighted by Gasteiger charge is 2.13. The van der Waals surface area contributed by atoms with Crippen LogP contribution in [0.25, 0.3) is 11.4 Å². The molecule has 2 rings (SSSR count). The van der Waals surface area contributed by atoms with Crippen LogP contribution in [-0.4, -0.2) is 21.5 Å². The van der Waals surface area contributed by atoms with Gasteiger partial charge < -0.3 is 5.32 Å². The first-order valence-corrected chi connectivity index (χ1v) is 8.10. The lowest BCUT2D eigenvalue weighted by Gasteiger charge is -2.12. The van der Waals surface area contributed by atoms with Crippen molar-refractivity contribution in [2.45, 2.75) is 40.5 Å². The molecule has 0 aromatic carbocycles. The predicted octanol–water partition coefficient (Wildman–Crippen LogP) is 4.30. The quantitative estimate of drug-likeness (QED) is 0.874. The average Bonchev–Trinajstić information content (AvgIpc) is 2.45. The Morgan fingerprint density at radius 2 is 1.71 bits per heavy atom. The van der Waals surface area contributed by atoms with Crippen LogP contribution >= 0.6 is 15.9 Å². The largest absolute Gasteiger partial charge is 0.369 e. The monoisotopic (exact) mass is 348 g/mol. The zero-order chi connectivity index (χ0) is 15.4. The van der Waals surface area contributed by atoms with Gasteiger partial charge in [0.05, 0.1) is 10.2 Å². The van der Waals surface area contributed by atoms with Gasteiger partial charge in [-0.3, -0.25) is 4.98 Å². The van der Waals surface area contributed by atoms with Crippen molar-refractivity contribution >= 4 is 21.7 Å². The summed E-state index contributed by atoms with van der Waals surface area (Å²) in [5, 5.41) is 3.36. The molecular weight excluding hydrogens is 328 g/mol. The predicted molar refractivity (Wildman–Crippen MR) is 90.6 cm³/mol. The van der Waals surface area contributed by atoms with Crippen LogP contribution in [0.5, 0.6) is 0 Å². The van der Waals surface area contributed by atoms with Crippen LogP contribution in [0.3, 0.4) is 0 Å². The number of rotatable bonds is 5. The Labute approximate surface area is 134 Å². The van der Waals surface area contributed by atoms with E-state index in [4.69, 9.17) is 0 Å². The molecule has 0 saturated carbocycles. The Bertz CT molecular complexity index is 620. The average molecular weight is 349 g/mol. The topological polar surface area (TPSA) is 50.7 Å². The SMILES string of the molecule is CCCNc1nc(-c2cc(C)nc(C)c2)nc(CC)c1Br. The fourth-order valence-electron chi connectivity index (χ4n) is 2.18. The summed E-state index contributed by atoms with van der Waals surface area (Å²) in [5.74, 6) is 1.62. The van der Waals surface area contributed by atoms with Gasteiger partial charge in [-0.2, -0.15) is 0 Å². The fraction of sp³-hybridized carbons (Fsp3) is 0.438. The molecule has 2 aromatic rings. The maximum absolute atomic E-state index is 4.69. The number of hydrogen-bond donors (Lipinski definition) is 1. The van der Waals surface area contributed by atoms with Gasteiger partial charge in [0, 0.05) is 23.5 Å². The summed E-state index contributed by atoms with van der Waals surface area (Å²) >= 11 is 3.61. The minimum Gasteiger partial charge on any atom is -0.369 e. The summed E-state index contributed by atoms with van der Waals surface area (Å²) in [6, 6.07) is 4.05. The van der Waals surface area contributed by atoms with Gasteiger partial charge in [0.25, 0.3) is 0 Å². The zero-order valence-corrected chi connectivity index (χ0v) is 14.6. The van der Waals surface area contributed by atoms with E-state index in [0.717, 1.165) is 58.1 Å². The molecular formula is C16H21BrN4. The van der Waals surface area contributed by atoms with E-state index < -0.39 is 0 Å². The number of halogens is 1. The smallest absolute Gasteiger partial charge is 0.161 e. The summed E-state index contributed by atoms with van der Waals surface area (Å²) in [6.07, 6.45) is 1.92. The maximum Gasteiger partial charge on any atom is 0.161 e. The molecule has 5 heteroatoms. The van der Waals surface area contributed by atoms with E-state index in [1.807, 2.05) is 26.0 Å². The summed E-state index contributed by atoms with van der Waals surface area (Å²) < 4.78 is 0.963. The van der Waals surface area contributed by atoms with Gasteiger partial charge in [0.1, 0.15) is 5.82 Å². The van der Waals surface area contributed by atoms with Crippen LogP contribution in [0, 0.1) is 13.8 Å². The number of aryl methyl sites for hydroxylation is 3. The molecule has 1 N–H and O–H groups in total. The number of nitrogens with zero attached hydrogens (tertiary/aromatic N) is 3. The van der Waals surface area contributed by atoms with Gasteiger partial charge >= 0.3 is 0 Å². The number of anilines is 1. The molecule has 0 saturated heterocycles. The molecule has 0 unspecified atom stereocenters. The number of aromatic nitrogens is 3. The second-order valence-electron chi connectivity index (χ2n) is 5.08. The van der Waals surface area contributed by atoms with Crippen LogP contribution in [0.2, 0.25) is 0 Å². The third kappa shape index (κ3) is 3.79. The summed E-state index contributed by atoms with van der Waals surface area (Å²) in [4.78, 5) is 13.8. The molecule has 112 valence electrons. The van der Waals surface area contributed by atoms with E-state index in [9.17, 15) is 0 Å². The molecule has 0 fully saturated rings. The number of nitrogens with one attached hydrogen (secondary N) is 1. The molecule has 0 aliphatic carbocycles. The standard InChI is InChI=1S/C16H21BrN4/c1-5-7-18-16-14(17)13(6-2)20-15(21-16)12-8-10(3)19-11(4)9-12/h8-9H,5-7H2,1-4H3,(H,18,20,21). The van der Waals surface area contributed by atoms with E-state index in [2.05, 4.69) is 50.0 Å². The first kappa shape index (κ1) is 15.9. The van der Waals surface area contributed by atoms with Crippen LogP contribution in [0.4, 0.5) is 5.82 Å². The lowest BCUT2D eigenvalue weighted by molar-refractivity contribution is 0.943. The maximum atomic E-state index is 4.69. The number of pyridine rings is 1. The molecule has 0 atom stereocenters. The van der Waals surface area contributed by atoms with Crippen LogP contribution in [-0.2, 0) is 6.42 Å². The Kier molecular flexibility index (Phi) is 5.28. The minimum atomic E-state index is 0.752. The van der Waals surface area contributed by atoms with E-state index in [1.54, 1.807) is 0 Å². The lowest BCUT2D eigenvalue weighted by atomic mass is 10.1. The summed E-state index contributed by atoms with van der Waals surface area (Å²) in [5.41, 5.74) is 4.00. The molecule has 0 radical (unpaired) electrons. The van der Waals surface area contributed by atoms with Crippen molar-refractivity contribution < 1.29 is 0 Å². The van der Waals surface area contributed by atoms with Gasteiger partial charge in [-0.15, -0.1) is 0 Å². The second-order valence-corrected chi connectivity index (χ2v) is 5.87. The normalized spacial score (nSPS) is 10.7. The highest BCUT2D eigenvalue weighted by molar-refractivity contribution is 9.10. The highest BCUT2D eigenvalue weighted by atomic mass is 79.9. The molecule has 2 aromatic heterocycles. The molecule has 0 spiro atoms. The van der Waals surface area contributed by atoms with E-state index >= 15 is 0 Å². The molecule has 0 aliphatic heterocycles. The van der Waals surface area contributed by atoms with Gasteiger partial charge in [0.15, 0.2) is 5.82 Å². The van der Waals surface area contributed by atoms with Crippen molar-refractivity contribution in [3.8, 4) is 11.4 Å². The Balaban J connectivity index is 2.52. The van der Waals surface area contributed by atoms with E-state index in [-0.39, 0.29) is 0 Å². The Morgan fingerprint density at radius 3 is 2.29 bits per heavy atom. The minimum absolute atomic E-state index is 0.752. The third-order valence-corrected chi connectivity index (χ3v) is 3.97. The Morgan fingerprint density at radius 1 is 1.05 bits per heavy atom. The molecule has 21 heavy (non-hydrogen) atoms. The first-order valence-electron chi connectivity index (χ1n) is 7.31. The summed E-state index contributed by atoms with van der Waals surface area (Å²) in [6.45, 7) is 9.12. The van der Waals surface area contributed by atoms with Gasteiger partial charge in [-0.1, -0.05) is 13.8 Å². The number of hydrogen-bond acceptors (Lipinski definition) is 4. The Hall–Kier alpha value is -1.49. The van der Waals surface area contributed by atoms with Gasteiger partial charge in [-0.25, -0.2) is 9.97 Å². The first-order chi connectivity index (χ1) is 10.0. The summed E-state index contributed by atoms with van der Waals surface area (Å²) in [7, 11) is 0. The van der Waals surface area contributed by atoms with Crippen molar-refractivity contribution in [1.82, 2.24) is 15.0 Å². The highest BCUT2D eigenvalue weighted by Crippen LogP contribution is 2.28. The van der Waals surface area contributed by atoms with Gasteiger partial charge in [0.2, 0.25) is 0 Å². The van der Waals surface area contributed by atoms with Crippen molar-refractivity contribution in [2.75, 3.05) is 11.9 Å². The molecule has 0 bridgehead atoms. The van der Waals surface area contributed by atoms with Crippen molar-refractivity contribution in [3.05, 3.63) is 33.7 Å². The van der Waals surface area contributed by atoms with Crippen LogP contribution < -0.4 is 5.32 Å².